The Balaban J connectivity index is 1.53. The summed E-state index contributed by atoms with van der Waals surface area (Å²) in [6, 6.07) is 10.9. The average Bonchev–Trinajstić information content (AvgIpc) is 3.21. The number of carbonyl (C=O) groups is 2. The lowest BCUT2D eigenvalue weighted by Crippen LogP contribution is -2.44. The standard InChI is InChI=1S/C22H24F2N4O3/c23-17-13-18(24)19(28-7-6-25-22(28)30)12-16(17)21(29)26-14-20(15-4-2-1-3-5-15)27-8-10-31-11-9-27/h1-5,12-13,20H,6-11,14H2,(H,25,30)(H,26,29)/t20-/m0/s1. The van der Waals surface area contributed by atoms with Crippen LogP contribution in [0.3, 0.4) is 0 Å². The van der Waals surface area contributed by atoms with Crippen molar-refractivity contribution in [1.29, 1.82) is 0 Å². The predicted octanol–water partition coefficient (Wildman–Crippen LogP) is 2.30. The highest BCUT2D eigenvalue weighted by Crippen LogP contribution is 2.26. The van der Waals surface area contributed by atoms with E-state index < -0.39 is 23.6 Å². The Morgan fingerprint density at radius 3 is 2.52 bits per heavy atom. The van der Waals surface area contributed by atoms with Crippen LogP contribution in [0, 0.1) is 11.6 Å². The highest BCUT2D eigenvalue weighted by molar-refractivity contribution is 5.98. The number of hydrogen-bond acceptors (Lipinski definition) is 4. The van der Waals surface area contributed by atoms with E-state index in [9.17, 15) is 18.4 Å². The van der Waals surface area contributed by atoms with Gasteiger partial charge < -0.3 is 15.4 Å². The van der Waals surface area contributed by atoms with E-state index in [2.05, 4.69) is 15.5 Å². The summed E-state index contributed by atoms with van der Waals surface area (Å²) in [6.45, 7) is 3.49. The number of hydrogen-bond donors (Lipinski definition) is 2. The molecular weight excluding hydrogens is 406 g/mol. The summed E-state index contributed by atoms with van der Waals surface area (Å²) in [5.41, 5.74) is 0.609. The molecule has 0 spiro atoms. The van der Waals surface area contributed by atoms with E-state index in [0.717, 1.165) is 16.5 Å². The van der Waals surface area contributed by atoms with Crippen molar-refractivity contribution in [2.24, 2.45) is 0 Å². The maximum Gasteiger partial charge on any atom is 0.322 e. The molecule has 31 heavy (non-hydrogen) atoms. The van der Waals surface area contributed by atoms with Crippen LogP contribution in [0.25, 0.3) is 0 Å². The number of anilines is 1. The Morgan fingerprint density at radius 1 is 1.10 bits per heavy atom. The molecule has 2 heterocycles. The molecule has 2 aliphatic heterocycles. The molecule has 4 rings (SSSR count). The van der Waals surface area contributed by atoms with Gasteiger partial charge in [-0.05, 0) is 11.6 Å². The molecule has 1 atom stereocenters. The van der Waals surface area contributed by atoms with Crippen LogP contribution in [0.5, 0.6) is 0 Å². The summed E-state index contributed by atoms with van der Waals surface area (Å²) in [5.74, 6) is -2.52. The second kappa shape index (κ2) is 9.40. The largest absolute Gasteiger partial charge is 0.379 e. The van der Waals surface area contributed by atoms with E-state index in [-0.39, 0.29) is 30.4 Å². The molecule has 164 valence electrons. The van der Waals surface area contributed by atoms with E-state index in [1.165, 1.54) is 0 Å². The van der Waals surface area contributed by atoms with Gasteiger partial charge in [-0.3, -0.25) is 14.6 Å². The summed E-state index contributed by atoms with van der Waals surface area (Å²) in [7, 11) is 0. The minimum atomic E-state index is -0.971. The van der Waals surface area contributed by atoms with Gasteiger partial charge in [0.2, 0.25) is 0 Å². The summed E-state index contributed by atoms with van der Waals surface area (Å²) in [4.78, 5) is 28.1. The zero-order chi connectivity index (χ0) is 21.8. The normalized spacial score (nSPS) is 18.0. The summed E-state index contributed by atoms with van der Waals surface area (Å²) in [5, 5.41) is 5.34. The number of rotatable bonds is 6. The Hall–Kier alpha value is -3.04. The third-order valence-corrected chi connectivity index (χ3v) is 5.56. The molecule has 2 N–H and O–H groups in total. The molecule has 7 nitrogen and oxygen atoms in total. The van der Waals surface area contributed by atoms with E-state index >= 15 is 0 Å². The number of ether oxygens (including phenoxy) is 1. The van der Waals surface area contributed by atoms with Crippen molar-refractivity contribution in [1.82, 2.24) is 15.5 Å². The molecule has 0 aromatic heterocycles. The number of benzene rings is 2. The third-order valence-electron chi connectivity index (χ3n) is 5.56. The molecule has 2 fully saturated rings. The summed E-state index contributed by atoms with van der Waals surface area (Å²) in [6.07, 6.45) is 0. The molecule has 0 radical (unpaired) electrons. The molecule has 2 aromatic rings. The zero-order valence-electron chi connectivity index (χ0n) is 16.9. The quantitative estimate of drug-likeness (QED) is 0.738. The van der Waals surface area contributed by atoms with Gasteiger partial charge in [-0.15, -0.1) is 0 Å². The summed E-state index contributed by atoms with van der Waals surface area (Å²) >= 11 is 0. The van der Waals surface area contributed by atoms with Gasteiger partial charge in [0, 0.05) is 38.8 Å². The smallest absolute Gasteiger partial charge is 0.322 e. The van der Waals surface area contributed by atoms with Gasteiger partial charge in [0.1, 0.15) is 11.6 Å². The van der Waals surface area contributed by atoms with Crippen LogP contribution in [0.1, 0.15) is 22.0 Å². The molecular formula is C22H24F2N4O3. The first kappa shape index (κ1) is 21.2. The fourth-order valence-corrected chi connectivity index (χ4v) is 3.93. The number of carbonyl (C=O) groups excluding carboxylic acids is 2. The number of urea groups is 1. The van der Waals surface area contributed by atoms with Crippen molar-refractivity contribution >= 4 is 17.6 Å². The van der Waals surface area contributed by atoms with E-state index in [0.29, 0.717) is 38.9 Å². The van der Waals surface area contributed by atoms with Gasteiger partial charge in [-0.25, -0.2) is 13.6 Å². The SMILES string of the molecule is O=C(NC[C@@H](c1ccccc1)N1CCOCC1)c1cc(N2CCNC2=O)c(F)cc1F. The maximum absolute atomic E-state index is 14.4. The highest BCUT2D eigenvalue weighted by atomic mass is 19.1. The number of halogens is 2. The monoisotopic (exact) mass is 430 g/mol. The van der Waals surface area contributed by atoms with Gasteiger partial charge in [0.05, 0.1) is 30.5 Å². The number of morpholine rings is 1. The van der Waals surface area contributed by atoms with Crippen molar-refractivity contribution in [3.05, 3.63) is 65.2 Å². The number of amides is 3. The fraction of sp³-hybridized carbons (Fsp3) is 0.364. The second-order valence-electron chi connectivity index (χ2n) is 7.45. The molecule has 0 aliphatic carbocycles. The topological polar surface area (TPSA) is 73.9 Å². The van der Waals surface area contributed by atoms with Crippen molar-refractivity contribution in [3.8, 4) is 0 Å². The second-order valence-corrected chi connectivity index (χ2v) is 7.45. The highest BCUT2D eigenvalue weighted by Gasteiger charge is 2.28. The van der Waals surface area contributed by atoms with Crippen LogP contribution in [0.15, 0.2) is 42.5 Å². The predicted molar refractivity (Wildman–Crippen MR) is 111 cm³/mol. The molecule has 0 saturated carbocycles. The summed E-state index contributed by atoms with van der Waals surface area (Å²) < 4.78 is 34.1. The van der Waals surface area contributed by atoms with E-state index in [1.807, 2.05) is 30.3 Å². The first-order valence-electron chi connectivity index (χ1n) is 10.2. The van der Waals surface area contributed by atoms with Crippen molar-refractivity contribution < 1.29 is 23.1 Å². The van der Waals surface area contributed by atoms with Crippen LogP contribution >= 0.6 is 0 Å². The number of nitrogens with zero attached hydrogens (tertiary/aromatic N) is 2. The lowest BCUT2D eigenvalue weighted by molar-refractivity contribution is 0.0162. The van der Waals surface area contributed by atoms with E-state index in [4.69, 9.17) is 4.74 Å². The minimum Gasteiger partial charge on any atom is -0.379 e. The van der Waals surface area contributed by atoms with Gasteiger partial charge in [0.15, 0.2) is 0 Å². The molecule has 9 heteroatoms. The van der Waals surface area contributed by atoms with Crippen molar-refractivity contribution in [3.63, 3.8) is 0 Å². The molecule has 3 amide bonds. The minimum absolute atomic E-state index is 0.110. The molecule has 0 unspecified atom stereocenters. The first-order chi connectivity index (χ1) is 15.0. The van der Waals surface area contributed by atoms with Crippen LogP contribution in [0.4, 0.5) is 19.3 Å². The van der Waals surface area contributed by atoms with Gasteiger partial charge in [-0.2, -0.15) is 0 Å². The maximum atomic E-state index is 14.4. The fourth-order valence-electron chi connectivity index (χ4n) is 3.93. The van der Waals surface area contributed by atoms with Gasteiger partial charge >= 0.3 is 6.03 Å². The van der Waals surface area contributed by atoms with Crippen molar-refractivity contribution in [2.75, 3.05) is 50.8 Å². The third kappa shape index (κ3) is 4.67. The number of nitrogens with one attached hydrogen (secondary N) is 2. The molecule has 2 aromatic carbocycles. The average molecular weight is 430 g/mol. The van der Waals surface area contributed by atoms with Crippen LogP contribution < -0.4 is 15.5 Å². The Labute approximate surface area is 179 Å². The van der Waals surface area contributed by atoms with E-state index in [1.54, 1.807) is 0 Å². The Kier molecular flexibility index (Phi) is 6.43. The molecule has 2 saturated heterocycles. The molecule has 2 aliphatic rings. The first-order valence-corrected chi connectivity index (χ1v) is 10.2. The van der Waals surface area contributed by atoms with Crippen LogP contribution in [-0.2, 0) is 4.74 Å². The zero-order valence-corrected chi connectivity index (χ0v) is 16.9. The van der Waals surface area contributed by atoms with Crippen LogP contribution in [-0.4, -0.2) is 62.8 Å². The lowest BCUT2D eigenvalue weighted by atomic mass is 10.0. The Morgan fingerprint density at radius 2 is 1.84 bits per heavy atom. The van der Waals surface area contributed by atoms with Gasteiger partial charge in [-0.1, -0.05) is 30.3 Å². The lowest BCUT2D eigenvalue weighted by Gasteiger charge is -2.35. The van der Waals surface area contributed by atoms with Gasteiger partial charge in [0.25, 0.3) is 5.91 Å². The molecule has 0 bridgehead atoms. The van der Waals surface area contributed by atoms with Crippen LogP contribution in [0.2, 0.25) is 0 Å². The Bertz CT molecular complexity index is 951. The van der Waals surface area contributed by atoms with Crippen molar-refractivity contribution in [2.45, 2.75) is 6.04 Å².